The molecular weight excluding hydrogens is 180 g/mol. The van der Waals surface area contributed by atoms with E-state index in [-0.39, 0.29) is 5.56 Å². The summed E-state index contributed by atoms with van der Waals surface area (Å²) in [6.45, 7) is 0.455. The summed E-state index contributed by atoms with van der Waals surface area (Å²) in [6.07, 6.45) is 3.21. The highest BCUT2D eigenvalue weighted by molar-refractivity contribution is 4.96. The Morgan fingerprint density at radius 2 is 2.29 bits per heavy atom. The van der Waals surface area contributed by atoms with Gasteiger partial charge in [-0.3, -0.25) is 9.48 Å². The van der Waals surface area contributed by atoms with E-state index in [1.165, 1.54) is 12.4 Å². The molecule has 0 bridgehead atoms. The van der Waals surface area contributed by atoms with Gasteiger partial charge in [0.05, 0.1) is 6.54 Å². The Bertz CT molecular complexity index is 485. The first kappa shape index (κ1) is 8.68. The molecule has 5 heteroatoms. The van der Waals surface area contributed by atoms with Gasteiger partial charge in [0, 0.05) is 19.3 Å². The van der Waals surface area contributed by atoms with Crippen LogP contribution in [0.2, 0.25) is 0 Å². The van der Waals surface area contributed by atoms with Gasteiger partial charge in [0.15, 0.2) is 0 Å². The number of aromatic nitrogens is 4. The van der Waals surface area contributed by atoms with Crippen molar-refractivity contribution < 1.29 is 0 Å². The lowest BCUT2D eigenvalue weighted by atomic mass is 10.4. The number of pyridine rings is 1. The van der Waals surface area contributed by atoms with Gasteiger partial charge in [0.2, 0.25) is 0 Å². The van der Waals surface area contributed by atoms with Crippen molar-refractivity contribution in [3.8, 4) is 0 Å². The van der Waals surface area contributed by atoms with Crippen LogP contribution in [-0.2, 0) is 13.6 Å². The molecule has 0 saturated heterocycles. The van der Waals surface area contributed by atoms with Crippen LogP contribution in [0.5, 0.6) is 0 Å². The molecule has 0 atom stereocenters. The van der Waals surface area contributed by atoms with E-state index in [1.807, 2.05) is 6.07 Å². The van der Waals surface area contributed by atoms with Crippen LogP contribution in [0, 0.1) is 0 Å². The second kappa shape index (κ2) is 3.45. The maximum absolute atomic E-state index is 11.4. The third kappa shape index (κ3) is 1.56. The van der Waals surface area contributed by atoms with Gasteiger partial charge in [-0.15, -0.1) is 0 Å². The average molecular weight is 190 g/mol. The quantitative estimate of drug-likeness (QED) is 0.671. The third-order valence-electron chi connectivity index (χ3n) is 2.02. The molecular formula is C9H10N4O. The van der Waals surface area contributed by atoms with E-state index in [0.29, 0.717) is 6.54 Å². The molecule has 0 fully saturated rings. The molecule has 0 aromatic carbocycles. The first-order chi connectivity index (χ1) is 6.77. The minimum Gasteiger partial charge on any atom is -0.308 e. The van der Waals surface area contributed by atoms with Gasteiger partial charge in [-0.1, -0.05) is 6.07 Å². The molecule has 0 N–H and O–H groups in total. The van der Waals surface area contributed by atoms with Crippen LogP contribution in [0.3, 0.4) is 0 Å². The molecule has 2 aromatic rings. The fourth-order valence-corrected chi connectivity index (χ4v) is 1.21. The highest BCUT2D eigenvalue weighted by Crippen LogP contribution is 1.93. The first-order valence-electron chi connectivity index (χ1n) is 4.26. The Morgan fingerprint density at radius 1 is 1.43 bits per heavy atom. The van der Waals surface area contributed by atoms with Gasteiger partial charge in [-0.25, -0.2) is 4.98 Å². The molecule has 2 rings (SSSR count). The number of hydrogen-bond donors (Lipinski definition) is 0. The Labute approximate surface area is 80.6 Å². The van der Waals surface area contributed by atoms with Gasteiger partial charge in [-0.05, 0) is 6.07 Å². The number of rotatable bonds is 2. The fourth-order valence-electron chi connectivity index (χ4n) is 1.21. The summed E-state index contributed by atoms with van der Waals surface area (Å²) in [7, 11) is 1.80. The van der Waals surface area contributed by atoms with Crippen LogP contribution >= 0.6 is 0 Å². The van der Waals surface area contributed by atoms with Crippen molar-refractivity contribution in [3.63, 3.8) is 0 Å². The van der Waals surface area contributed by atoms with E-state index in [0.717, 1.165) is 5.82 Å². The molecule has 2 heterocycles. The minimum atomic E-state index is -0.0319. The molecule has 5 nitrogen and oxygen atoms in total. The molecule has 0 aliphatic carbocycles. The predicted molar refractivity (Wildman–Crippen MR) is 50.8 cm³/mol. The van der Waals surface area contributed by atoms with Crippen LogP contribution in [0.15, 0.2) is 35.5 Å². The maximum Gasteiger partial charge on any atom is 0.250 e. The van der Waals surface area contributed by atoms with Crippen molar-refractivity contribution in [1.82, 2.24) is 19.3 Å². The maximum atomic E-state index is 11.4. The van der Waals surface area contributed by atoms with E-state index in [1.54, 1.807) is 28.6 Å². The Hall–Kier alpha value is -1.91. The van der Waals surface area contributed by atoms with Crippen molar-refractivity contribution in [1.29, 1.82) is 0 Å². The van der Waals surface area contributed by atoms with Crippen molar-refractivity contribution in [2.24, 2.45) is 7.05 Å². The average Bonchev–Trinajstić information content (AvgIpc) is 2.56. The summed E-state index contributed by atoms with van der Waals surface area (Å²) in [5.74, 6) is 0.762. The summed E-state index contributed by atoms with van der Waals surface area (Å²) >= 11 is 0. The van der Waals surface area contributed by atoms with Crippen molar-refractivity contribution in [2.75, 3.05) is 0 Å². The van der Waals surface area contributed by atoms with E-state index in [9.17, 15) is 4.79 Å². The van der Waals surface area contributed by atoms with Crippen LogP contribution in [0.25, 0.3) is 0 Å². The zero-order valence-electron chi connectivity index (χ0n) is 7.79. The molecule has 0 aliphatic heterocycles. The van der Waals surface area contributed by atoms with E-state index in [4.69, 9.17) is 0 Å². The molecule has 72 valence electrons. The predicted octanol–water partition coefficient (Wildman–Crippen LogP) is 0.0251. The van der Waals surface area contributed by atoms with Crippen LogP contribution in [-0.4, -0.2) is 19.3 Å². The largest absolute Gasteiger partial charge is 0.308 e. The molecule has 2 aromatic heterocycles. The number of hydrogen-bond acceptors (Lipinski definition) is 3. The van der Waals surface area contributed by atoms with Gasteiger partial charge >= 0.3 is 0 Å². The minimum absolute atomic E-state index is 0.0319. The van der Waals surface area contributed by atoms with Gasteiger partial charge in [0.1, 0.15) is 12.2 Å². The molecule has 0 amide bonds. The van der Waals surface area contributed by atoms with Crippen molar-refractivity contribution in [3.05, 3.63) is 46.9 Å². The number of aryl methyl sites for hydroxylation is 1. The lowest BCUT2D eigenvalue weighted by molar-refractivity contribution is 0.641. The zero-order valence-corrected chi connectivity index (χ0v) is 7.79. The summed E-state index contributed by atoms with van der Waals surface area (Å²) in [5, 5.41) is 3.93. The molecule has 0 unspecified atom stereocenters. The standard InChI is InChI=1S/C9H10N4O/c1-12-8(10-7-11-12)6-13-5-3-2-4-9(13)14/h2-5,7H,6H2,1H3. The van der Waals surface area contributed by atoms with E-state index in [2.05, 4.69) is 10.1 Å². The summed E-state index contributed by atoms with van der Waals surface area (Å²) in [4.78, 5) is 15.4. The second-order valence-electron chi connectivity index (χ2n) is 2.97. The highest BCUT2D eigenvalue weighted by Gasteiger charge is 2.01. The molecule has 0 radical (unpaired) electrons. The highest BCUT2D eigenvalue weighted by atomic mass is 16.1. The summed E-state index contributed by atoms with van der Waals surface area (Å²) < 4.78 is 3.24. The normalized spacial score (nSPS) is 10.4. The Morgan fingerprint density at radius 3 is 2.93 bits per heavy atom. The molecule has 0 saturated carbocycles. The van der Waals surface area contributed by atoms with Gasteiger partial charge < -0.3 is 4.57 Å². The molecule has 14 heavy (non-hydrogen) atoms. The first-order valence-corrected chi connectivity index (χ1v) is 4.26. The van der Waals surface area contributed by atoms with E-state index >= 15 is 0 Å². The van der Waals surface area contributed by atoms with E-state index < -0.39 is 0 Å². The van der Waals surface area contributed by atoms with Gasteiger partial charge in [0.25, 0.3) is 5.56 Å². The van der Waals surface area contributed by atoms with Crippen LogP contribution in [0.4, 0.5) is 0 Å². The lowest BCUT2D eigenvalue weighted by Crippen LogP contribution is -2.20. The fraction of sp³-hybridized carbons (Fsp3) is 0.222. The smallest absolute Gasteiger partial charge is 0.250 e. The molecule has 0 spiro atoms. The Balaban J connectivity index is 2.32. The third-order valence-corrected chi connectivity index (χ3v) is 2.02. The van der Waals surface area contributed by atoms with Gasteiger partial charge in [-0.2, -0.15) is 5.10 Å². The summed E-state index contributed by atoms with van der Waals surface area (Å²) in [5.41, 5.74) is -0.0319. The van der Waals surface area contributed by atoms with Crippen LogP contribution < -0.4 is 5.56 Å². The molecule has 0 aliphatic rings. The van der Waals surface area contributed by atoms with Crippen molar-refractivity contribution >= 4 is 0 Å². The zero-order chi connectivity index (χ0) is 9.97. The SMILES string of the molecule is Cn1ncnc1Cn1ccccc1=O. The lowest BCUT2D eigenvalue weighted by Gasteiger charge is -2.03. The topological polar surface area (TPSA) is 52.7 Å². The van der Waals surface area contributed by atoms with Crippen molar-refractivity contribution in [2.45, 2.75) is 6.54 Å². The summed E-state index contributed by atoms with van der Waals surface area (Å²) in [6, 6.07) is 5.06. The monoisotopic (exact) mass is 190 g/mol. The van der Waals surface area contributed by atoms with Crippen LogP contribution in [0.1, 0.15) is 5.82 Å². The number of nitrogens with zero attached hydrogens (tertiary/aromatic N) is 4. The Kier molecular flexibility index (Phi) is 2.14. The second-order valence-corrected chi connectivity index (χ2v) is 2.97.